The van der Waals surface area contributed by atoms with Crippen LogP contribution in [-0.2, 0) is 21.4 Å². The lowest BCUT2D eigenvalue weighted by atomic mass is 10.1. The normalized spacial score (nSPS) is 13.9. The lowest BCUT2D eigenvalue weighted by Gasteiger charge is -2.22. The Balaban J connectivity index is 3.10. The van der Waals surface area contributed by atoms with Gasteiger partial charge in [-0.1, -0.05) is 13.8 Å². The maximum Gasteiger partial charge on any atom is 0.244 e. The summed E-state index contributed by atoms with van der Waals surface area (Å²) >= 11 is 0. The molecule has 0 amide bonds. The van der Waals surface area contributed by atoms with E-state index >= 15 is 0 Å². The van der Waals surface area contributed by atoms with Crippen LogP contribution in [0.15, 0.2) is 9.31 Å². The molecule has 0 radical (unpaired) electrons. The second kappa shape index (κ2) is 7.40. The molecule has 0 saturated carbocycles. The predicted molar refractivity (Wildman–Crippen MR) is 79.5 cm³/mol. The van der Waals surface area contributed by atoms with Crippen molar-refractivity contribution in [3.05, 3.63) is 17.1 Å². The van der Waals surface area contributed by atoms with Gasteiger partial charge in [-0.15, -0.1) is 0 Å². The van der Waals surface area contributed by atoms with E-state index in [0.717, 1.165) is 0 Å². The van der Waals surface area contributed by atoms with Crippen molar-refractivity contribution >= 4 is 10.0 Å². The first-order valence-corrected chi connectivity index (χ1v) is 8.52. The van der Waals surface area contributed by atoms with E-state index in [1.165, 1.54) is 0 Å². The van der Waals surface area contributed by atoms with Crippen molar-refractivity contribution < 1.29 is 22.7 Å². The van der Waals surface area contributed by atoms with Gasteiger partial charge in [0.05, 0.1) is 13.2 Å². The van der Waals surface area contributed by atoms with Crippen molar-refractivity contribution in [2.24, 2.45) is 5.92 Å². The standard InChI is InChI=1S/C14H25NO5S/c1-6-19-8-13(9(2)3)15-21(17,18)14-11(5)20-10(4)12(14)7-16/h9,13,15-16H,6-8H2,1-5H3. The summed E-state index contributed by atoms with van der Waals surface area (Å²) in [4.78, 5) is 0.0321. The Labute approximate surface area is 126 Å². The Kier molecular flexibility index (Phi) is 6.40. The van der Waals surface area contributed by atoms with Gasteiger partial charge < -0.3 is 14.3 Å². The maximum absolute atomic E-state index is 12.6. The SMILES string of the molecule is CCOCC(NS(=O)(=O)c1c(C)oc(C)c1CO)C(C)C. The maximum atomic E-state index is 12.6. The molecule has 0 aromatic carbocycles. The Morgan fingerprint density at radius 1 is 1.29 bits per heavy atom. The summed E-state index contributed by atoms with van der Waals surface area (Å²) in [5, 5.41) is 9.38. The highest BCUT2D eigenvalue weighted by molar-refractivity contribution is 7.89. The minimum Gasteiger partial charge on any atom is -0.465 e. The Hall–Kier alpha value is -0.890. The highest BCUT2D eigenvalue weighted by atomic mass is 32.2. The number of aryl methyl sites for hydroxylation is 2. The fraction of sp³-hybridized carbons (Fsp3) is 0.714. The number of hydrogen-bond acceptors (Lipinski definition) is 5. The summed E-state index contributed by atoms with van der Waals surface area (Å²) in [6, 6.07) is -0.337. The molecule has 1 aromatic heterocycles. The Bertz CT molecular complexity index is 562. The third kappa shape index (κ3) is 4.29. The molecule has 1 rings (SSSR count). The van der Waals surface area contributed by atoms with Crippen molar-refractivity contribution in [3.63, 3.8) is 0 Å². The quantitative estimate of drug-likeness (QED) is 0.762. The van der Waals surface area contributed by atoms with Crippen LogP contribution in [0, 0.1) is 19.8 Å². The summed E-state index contributed by atoms with van der Waals surface area (Å²) in [6.45, 7) is 9.37. The molecule has 0 aliphatic rings. The first-order valence-electron chi connectivity index (χ1n) is 7.04. The summed E-state index contributed by atoms with van der Waals surface area (Å²) in [5.74, 6) is 0.779. The number of rotatable bonds is 8. The van der Waals surface area contributed by atoms with E-state index < -0.39 is 10.0 Å². The van der Waals surface area contributed by atoms with Gasteiger partial charge in [-0.25, -0.2) is 13.1 Å². The molecule has 2 N–H and O–H groups in total. The van der Waals surface area contributed by atoms with Gasteiger partial charge in [0.1, 0.15) is 16.4 Å². The molecule has 1 heterocycles. The summed E-state index contributed by atoms with van der Waals surface area (Å²) in [6.07, 6.45) is 0. The van der Waals surface area contributed by atoms with Crippen LogP contribution < -0.4 is 4.72 Å². The van der Waals surface area contributed by atoms with Gasteiger partial charge in [0, 0.05) is 18.2 Å². The zero-order chi connectivity index (χ0) is 16.2. The Morgan fingerprint density at radius 3 is 2.38 bits per heavy atom. The first kappa shape index (κ1) is 18.2. The number of aliphatic hydroxyl groups is 1. The van der Waals surface area contributed by atoms with Crippen molar-refractivity contribution in [2.75, 3.05) is 13.2 Å². The van der Waals surface area contributed by atoms with Gasteiger partial charge in [-0.05, 0) is 26.7 Å². The smallest absolute Gasteiger partial charge is 0.244 e. The fourth-order valence-electron chi connectivity index (χ4n) is 2.11. The molecule has 122 valence electrons. The van der Waals surface area contributed by atoms with Crippen molar-refractivity contribution in [3.8, 4) is 0 Å². The molecule has 1 aromatic rings. The van der Waals surface area contributed by atoms with Crippen LogP contribution in [0.4, 0.5) is 0 Å². The van der Waals surface area contributed by atoms with Gasteiger partial charge in [0.15, 0.2) is 0 Å². The molecule has 0 saturated heterocycles. The molecule has 0 aliphatic heterocycles. The molecular formula is C14H25NO5S. The molecular weight excluding hydrogens is 294 g/mol. The van der Waals surface area contributed by atoms with Crippen molar-refractivity contribution in [2.45, 2.75) is 52.2 Å². The number of ether oxygens (including phenoxy) is 1. The zero-order valence-corrected chi connectivity index (χ0v) is 14.1. The minimum atomic E-state index is -3.77. The van der Waals surface area contributed by atoms with Crippen molar-refractivity contribution in [1.29, 1.82) is 0 Å². The second-order valence-electron chi connectivity index (χ2n) is 5.31. The molecule has 0 aliphatic carbocycles. The summed E-state index contributed by atoms with van der Waals surface area (Å²) in [7, 11) is -3.77. The van der Waals surface area contributed by atoms with E-state index in [9.17, 15) is 13.5 Å². The highest BCUT2D eigenvalue weighted by Gasteiger charge is 2.29. The van der Waals surface area contributed by atoms with Gasteiger partial charge in [-0.2, -0.15) is 0 Å². The zero-order valence-electron chi connectivity index (χ0n) is 13.3. The Morgan fingerprint density at radius 2 is 1.90 bits per heavy atom. The van der Waals surface area contributed by atoms with Gasteiger partial charge in [0.2, 0.25) is 10.0 Å². The van der Waals surface area contributed by atoms with E-state index in [4.69, 9.17) is 9.15 Å². The van der Waals surface area contributed by atoms with Crippen LogP contribution >= 0.6 is 0 Å². The van der Waals surface area contributed by atoms with E-state index in [-0.39, 0.29) is 29.2 Å². The van der Waals surface area contributed by atoms with E-state index in [2.05, 4.69) is 4.72 Å². The number of aliphatic hydroxyl groups excluding tert-OH is 1. The van der Waals surface area contributed by atoms with Gasteiger partial charge in [-0.3, -0.25) is 0 Å². The predicted octanol–water partition coefficient (Wildman–Crippen LogP) is 1.73. The highest BCUT2D eigenvalue weighted by Crippen LogP contribution is 2.27. The van der Waals surface area contributed by atoms with Crippen LogP contribution in [0.5, 0.6) is 0 Å². The largest absolute Gasteiger partial charge is 0.465 e. The number of furan rings is 1. The first-order chi connectivity index (χ1) is 9.74. The van der Waals surface area contributed by atoms with E-state index in [1.54, 1.807) is 13.8 Å². The van der Waals surface area contributed by atoms with Crippen LogP contribution in [0.1, 0.15) is 37.9 Å². The number of hydrogen-bond donors (Lipinski definition) is 2. The minimum absolute atomic E-state index is 0.0321. The lowest BCUT2D eigenvalue weighted by molar-refractivity contribution is 0.116. The van der Waals surface area contributed by atoms with Crippen LogP contribution in [-0.4, -0.2) is 32.8 Å². The number of sulfonamides is 1. The second-order valence-corrected chi connectivity index (χ2v) is 6.96. The van der Waals surface area contributed by atoms with Crippen molar-refractivity contribution in [1.82, 2.24) is 4.72 Å². The lowest BCUT2D eigenvalue weighted by Crippen LogP contribution is -2.42. The third-order valence-electron chi connectivity index (χ3n) is 3.36. The molecule has 0 bridgehead atoms. The van der Waals surface area contributed by atoms with Crippen LogP contribution in [0.25, 0.3) is 0 Å². The molecule has 6 nitrogen and oxygen atoms in total. The molecule has 0 spiro atoms. The molecule has 1 unspecified atom stereocenters. The van der Waals surface area contributed by atoms with E-state index in [1.807, 2.05) is 20.8 Å². The van der Waals surface area contributed by atoms with Crippen LogP contribution in [0.3, 0.4) is 0 Å². The fourth-order valence-corrected chi connectivity index (χ4v) is 3.92. The molecule has 0 fully saturated rings. The summed E-state index contributed by atoms with van der Waals surface area (Å²) in [5.41, 5.74) is 0.305. The van der Waals surface area contributed by atoms with Gasteiger partial charge in [0.25, 0.3) is 0 Å². The molecule has 1 atom stereocenters. The molecule has 21 heavy (non-hydrogen) atoms. The number of nitrogens with one attached hydrogen (secondary N) is 1. The average molecular weight is 319 g/mol. The topological polar surface area (TPSA) is 88.8 Å². The third-order valence-corrected chi connectivity index (χ3v) is 5.05. The average Bonchev–Trinajstić information content (AvgIpc) is 2.68. The molecule has 7 heteroatoms. The van der Waals surface area contributed by atoms with E-state index in [0.29, 0.717) is 24.5 Å². The van der Waals surface area contributed by atoms with Crippen LogP contribution in [0.2, 0.25) is 0 Å². The summed E-state index contributed by atoms with van der Waals surface area (Å²) < 4.78 is 38.5. The monoisotopic (exact) mass is 319 g/mol. The van der Waals surface area contributed by atoms with Gasteiger partial charge >= 0.3 is 0 Å².